The molecule has 144 valence electrons. The van der Waals surface area contributed by atoms with E-state index in [1.165, 1.54) is 4.46 Å². The van der Waals surface area contributed by atoms with E-state index >= 15 is 0 Å². The second-order valence-electron chi connectivity index (χ2n) is 6.19. The molecule has 1 aliphatic heterocycles. The SMILES string of the molecule is O=C(O[C@H]1CCCO[C@@H]1C[Se]c1ccccc1)c1ccc(C(F)(F)F)cc1. The van der Waals surface area contributed by atoms with Gasteiger partial charge in [-0.3, -0.25) is 0 Å². The molecule has 0 saturated carbocycles. The topological polar surface area (TPSA) is 35.5 Å². The number of carbonyl (C=O) groups is 1. The van der Waals surface area contributed by atoms with E-state index in [-0.39, 0.29) is 32.7 Å². The molecule has 1 saturated heterocycles. The summed E-state index contributed by atoms with van der Waals surface area (Å²) in [4.78, 5) is 12.3. The Labute approximate surface area is 162 Å². The molecule has 2 aromatic carbocycles. The van der Waals surface area contributed by atoms with E-state index in [1.807, 2.05) is 18.2 Å². The van der Waals surface area contributed by atoms with Gasteiger partial charge in [0.2, 0.25) is 0 Å². The fourth-order valence-electron chi connectivity index (χ4n) is 2.80. The predicted octanol–water partition coefficient (Wildman–Crippen LogP) is 3.86. The van der Waals surface area contributed by atoms with Crippen molar-refractivity contribution in [1.29, 1.82) is 0 Å². The van der Waals surface area contributed by atoms with Crippen molar-refractivity contribution in [1.82, 2.24) is 0 Å². The minimum atomic E-state index is -4.43. The van der Waals surface area contributed by atoms with E-state index < -0.39 is 17.7 Å². The molecule has 3 nitrogen and oxygen atoms in total. The van der Waals surface area contributed by atoms with Crippen LogP contribution in [0.3, 0.4) is 0 Å². The summed E-state index contributed by atoms with van der Waals surface area (Å²) in [6.45, 7) is 0.629. The summed E-state index contributed by atoms with van der Waals surface area (Å²) in [5.74, 6) is -0.614. The predicted molar refractivity (Wildman–Crippen MR) is 96.3 cm³/mol. The Balaban J connectivity index is 1.60. The van der Waals surface area contributed by atoms with Crippen LogP contribution in [0.1, 0.15) is 28.8 Å². The maximum absolute atomic E-state index is 12.6. The van der Waals surface area contributed by atoms with Crippen LogP contribution in [0.15, 0.2) is 54.6 Å². The number of benzene rings is 2. The Bertz CT molecular complexity index is 747. The molecule has 0 aliphatic carbocycles. The summed E-state index contributed by atoms with van der Waals surface area (Å²) >= 11 is 0.197. The Morgan fingerprint density at radius 1 is 1.11 bits per heavy atom. The van der Waals surface area contributed by atoms with Crippen LogP contribution in [0, 0.1) is 0 Å². The number of hydrogen-bond acceptors (Lipinski definition) is 3. The molecule has 3 rings (SSSR count). The van der Waals surface area contributed by atoms with E-state index in [0.717, 1.165) is 36.0 Å². The number of esters is 1. The molecule has 1 aliphatic rings. The van der Waals surface area contributed by atoms with E-state index in [1.54, 1.807) is 0 Å². The summed E-state index contributed by atoms with van der Waals surface area (Å²) < 4.78 is 50.5. The monoisotopic (exact) mass is 444 g/mol. The van der Waals surface area contributed by atoms with Gasteiger partial charge in [0.05, 0.1) is 0 Å². The van der Waals surface area contributed by atoms with Crippen molar-refractivity contribution in [2.75, 3.05) is 6.61 Å². The summed E-state index contributed by atoms with van der Waals surface area (Å²) in [5, 5.41) is 0.780. The number of carbonyl (C=O) groups excluding carboxylic acids is 1. The van der Waals surface area contributed by atoms with E-state index in [2.05, 4.69) is 12.1 Å². The molecule has 0 spiro atoms. The number of rotatable bonds is 5. The standard InChI is InChI=1S/C20H19F3O3Se/c21-20(22,23)15-10-8-14(9-11-15)19(24)26-17-7-4-12-25-18(17)13-27-16-5-2-1-3-6-16/h1-3,5-6,8-11,17-18H,4,7,12-13H2/t17-,18+/m0/s1. The Kier molecular flexibility index (Phi) is 6.58. The Morgan fingerprint density at radius 3 is 2.48 bits per heavy atom. The summed E-state index contributed by atoms with van der Waals surface area (Å²) in [6.07, 6.45) is -3.50. The number of ether oxygens (including phenoxy) is 2. The second-order valence-corrected chi connectivity index (χ2v) is 8.49. The molecule has 27 heavy (non-hydrogen) atoms. The van der Waals surface area contributed by atoms with Gasteiger partial charge in [-0.1, -0.05) is 0 Å². The molecule has 2 aromatic rings. The van der Waals surface area contributed by atoms with Gasteiger partial charge in [0.25, 0.3) is 0 Å². The fourth-order valence-corrected chi connectivity index (χ4v) is 4.93. The fraction of sp³-hybridized carbons (Fsp3) is 0.350. The summed E-state index contributed by atoms with van der Waals surface area (Å²) in [6, 6.07) is 14.1. The van der Waals surface area contributed by atoms with E-state index in [9.17, 15) is 18.0 Å². The van der Waals surface area contributed by atoms with Gasteiger partial charge in [-0.2, -0.15) is 0 Å². The maximum atomic E-state index is 12.6. The number of alkyl halides is 3. The van der Waals surface area contributed by atoms with Gasteiger partial charge in [0.15, 0.2) is 0 Å². The third-order valence-corrected chi connectivity index (χ3v) is 6.55. The molecule has 7 heteroatoms. The molecule has 0 bridgehead atoms. The van der Waals surface area contributed by atoms with Gasteiger partial charge >= 0.3 is 162 Å². The first-order valence-corrected chi connectivity index (χ1v) is 10.7. The van der Waals surface area contributed by atoms with Gasteiger partial charge in [-0.25, -0.2) is 0 Å². The minimum absolute atomic E-state index is 0.112. The molecule has 2 atom stereocenters. The Morgan fingerprint density at radius 2 is 1.81 bits per heavy atom. The van der Waals surface area contributed by atoms with Crippen molar-refractivity contribution < 1.29 is 27.4 Å². The van der Waals surface area contributed by atoms with Crippen LogP contribution in [-0.4, -0.2) is 39.7 Å². The second kappa shape index (κ2) is 8.91. The third-order valence-electron chi connectivity index (χ3n) is 4.24. The zero-order valence-electron chi connectivity index (χ0n) is 14.4. The number of halogens is 3. The van der Waals surface area contributed by atoms with Crippen molar-refractivity contribution in [3.63, 3.8) is 0 Å². The van der Waals surface area contributed by atoms with Gasteiger partial charge in [0.1, 0.15) is 0 Å². The molecule has 0 aromatic heterocycles. The van der Waals surface area contributed by atoms with Crippen molar-refractivity contribution >= 4 is 25.4 Å². The normalized spacial score (nSPS) is 20.3. The number of hydrogen-bond donors (Lipinski definition) is 0. The summed E-state index contributed by atoms with van der Waals surface area (Å²) in [5.41, 5.74) is -0.676. The first-order valence-electron chi connectivity index (χ1n) is 8.61. The Hall–Kier alpha value is -1.82. The van der Waals surface area contributed by atoms with Crippen molar-refractivity contribution in [2.24, 2.45) is 0 Å². The van der Waals surface area contributed by atoms with Crippen molar-refractivity contribution in [3.8, 4) is 0 Å². The van der Waals surface area contributed by atoms with Crippen LogP contribution in [0.5, 0.6) is 0 Å². The van der Waals surface area contributed by atoms with E-state index in [4.69, 9.17) is 9.47 Å². The molecular weight excluding hydrogens is 424 g/mol. The van der Waals surface area contributed by atoms with Crippen molar-refractivity contribution in [2.45, 2.75) is 36.5 Å². The molecule has 1 fully saturated rings. The molecule has 0 radical (unpaired) electrons. The first-order chi connectivity index (χ1) is 12.9. The van der Waals surface area contributed by atoms with Crippen LogP contribution < -0.4 is 4.46 Å². The van der Waals surface area contributed by atoms with Gasteiger partial charge in [-0.15, -0.1) is 0 Å². The molecule has 0 unspecified atom stereocenters. The molecule has 0 amide bonds. The van der Waals surface area contributed by atoms with Gasteiger partial charge < -0.3 is 0 Å². The van der Waals surface area contributed by atoms with Crippen LogP contribution in [0.2, 0.25) is 5.32 Å². The van der Waals surface area contributed by atoms with Crippen LogP contribution in [-0.2, 0) is 15.7 Å². The third kappa shape index (κ3) is 5.58. The van der Waals surface area contributed by atoms with Gasteiger partial charge in [0, 0.05) is 0 Å². The van der Waals surface area contributed by atoms with E-state index in [0.29, 0.717) is 13.0 Å². The molecular formula is C20H19F3O3Se. The van der Waals surface area contributed by atoms with Crippen LogP contribution >= 0.6 is 0 Å². The first kappa shape index (κ1) is 19.9. The average Bonchev–Trinajstić information content (AvgIpc) is 2.67. The van der Waals surface area contributed by atoms with Crippen molar-refractivity contribution in [3.05, 3.63) is 65.7 Å². The quantitative estimate of drug-likeness (QED) is 0.520. The van der Waals surface area contributed by atoms with Crippen LogP contribution in [0.25, 0.3) is 0 Å². The molecule has 0 N–H and O–H groups in total. The summed E-state index contributed by atoms with van der Waals surface area (Å²) in [7, 11) is 0. The van der Waals surface area contributed by atoms with Crippen LogP contribution in [0.4, 0.5) is 13.2 Å². The average molecular weight is 443 g/mol. The van der Waals surface area contributed by atoms with Gasteiger partial charge in [-0.05, 0) is 0 Å². The zero-order valence-corrected chi connectivity index (χ0v) is 16.2. The zero-order chi connectivity index (χ0) is 19.3. The molecule has 1 heterocycles.